The van der Waals surface area contributed by atoms with Crippen molar-refractivity contribution in [2.45, 2.75) is 58.2 Å². The van der Waals surface area contributed by atoms with E-state index in [-0.39, 0.29) is 29.4 Å². The molecule has 6 nitrogen and oxygen atoms in total. The molecule has 4 rings (SSSR count). The zero-order valence-corrected chi connectivity index (χ0v) is 21.0. The molecule has 30 heavy (non-hydrogen) atoms. The van der Waals surface area contributed by atoms with Gasteiger partial charge in [-0.1, -0.05) is 26.0 Å². The second-order valence-corrected chi connectivity index (χ2v) is 9.11. The van der Waals surface area contributed by atoms with E-state index < -0.39 is 0 Å². The largest absolute Gasteiger partial charge is 0.495 e. The zero-order chi connectivity index (χ0) is 20.4. The van der Waals surface area contributed by atoms with E-state index in [9.17, 15) is 0 Å². The minimum absolute atomic E-state index is 0. The first-order chi connectivity index (χ1) is 14.0. The maximum Gasteiger partial charge on any atom is 0.191 e. The first-order valence-corrected chi connectivity index (χ1v) is 11.1. The molecule has 1 aromatic carbocycles. The van der Waals surface area contributed by atoms with E-state index in [0.717, 1.165) is 57.2 Å². The lowest BCUT2D eigenvalue weighted by atomic mass is 9.57. The third-order valence-electron chi connectivity index (χ3n) is 6.90. The number of ether oxygens (including phenoxy) is 2. The maximum atomic E-state index is 5.95. The van der Waals surface area contributed by atoms with Crippen molar-refractivity contribution in [3.63, 3.8) is 0 Å². The first-order valence-electron chi connectivity index (χ1n) is 11.1. The Morgan fingerprint density at radius 1 is 1.27 bits per heavy atom. The fourth-order valence-electron chi connectivity index (χ4n) is 5.45. The van der Waals surface area contributed by atoms with Crippen LogP contribution in [0.3, 0.4) is 0 Å². The van der Waals surface area contributed by atoms with Gasteiger partial charge >= 0.3 is 0 Å². The number of anilines is 1. The monoisotopic (exact) mass is 528 g/mol. The van der Waals surface area contributed by atoms with Gasteiger partial charge in [-0.15, -0.1) is 24.0 Å². The Morgan fingerprint density at radius 3 is 2.83 bits per heavy atom. The van der Waals surface area contributed by atoms with E-state index in [1.165, 1.54) is 5.69 Å². The lowest BCUT2D eigenvalue weighted by Gasteiger charge is -2.55. The molecule has 0 bridgehead atoms. The van der Waals surface area contributed by atoms with Crippen LogP contribution in [-0.4, -0.2) is 57.5 Å². The van der Waals surface area contributed by atoms with Crippen LogP contribution in [0, 0.1) is 11.3 Å². The molecule has 1 aromatic rings. The van der Waals surface area contributed by atoms with E-state index in [1.807, 2.05) is 12.1 Å². The summed E-state index contributed by atoms with van der Waals surface area (Å²) >= 11 is 0. The number of aliphatic imine (C=N–C) groups is 1. The smallest absolute Gasteiger partial charge is 0.191 e. The van der Waals surface area contributed by atoms with Crippen LogP contribution in [0.2, 0.25) is 0 Å². The highest BCUT2D eigenvalue weighted by Crippen LogP contribution is 2.52. The van der Waals surface area contributed by atoms with Gasteiger partial charge in [0.15, 0.2) is 5.96 Å². The molecule has 3 aliphatic rings. The van der Waals surface area contributed by atoms with Gasteiger partial charge in [0.05, 0.1) is 18.9 Å². The van der Waals surface area contributed by atoms with E-state index >= 15 is 0 Å². The Kier molecular flexibility index (Phi) is 7.76. The van der Waals surface area contributed by atoms with E-state index in [2.05, 4.69) is 48.4 Å². The van der Waals surface area contributed by atoms with Crippen LogP contribution < -0.4 is 20.3 Å². The second kappa shape index (κ2) is 9.94. The van der Waals surface area contributed by atoms with Crippen molar-refractivity contribution in [1.82, 2.24) is 10.6 Å². The molecule has 1 saturated carbocycles. The second-order valence-electron chi connectivity index (χ2n) is 9.11. The molecular weight excluding hydrogens is 491 g/mol. The number of hydrogen-bond donors (Lipinski definition) is 2. The number of hydrogen-bond acceptors (Lipinski definition) is 4. The fraction of sp³-hybridized carbons (Fsp3) is 0.696. The number of halogens is 1. The van der Waals surface area contributed by atoms with Gasteiger partial charge < -0.3 is 25.0 Å². The first kappa shape index (κ1) is 23.4. The molecule has 3 fully saturated rings. The lowest BCUT2D eigenvalue weighted by Crippen LogP contribution is -2.68. The molecule has 4 unspecified atom stereocenters. The standard InChI is InChI=1S/C23H36N4O2.HI/c1-5-24-22(26-20-17-12-14-29-21(17)23(20,2)3)25-16-9-8-13-27(15-16)18-10-6-7-11-19(18)28-4;/h6-7,10-11,16-17,20-21H,5,8-9,12-15H2,1-4H3,(H2,24,25,26);1H. The molecule has 168 valence electrons. The maximum absolute atomic E-state index is 5.95. The highest BCUT2D eigenvalue weighted by Gasteiger charge is 2.59. The van der Waals surface area contributed by atoms with Crippen LogP contribution in [0.5, 0.6) is 5.75 Å². The zero-order valence-electron chi connectivity index (χ0n) is 18.7. The van der Waals surface area contributed by atoms with Crippen molar-refractivity contribution in [1.29, 1.82) is 0 Å². The Labute approximate surface area is 198 Å². The number of guanidine groups is 1. The molecule has 2 N–H and O–H groups in total. The molecular formula is C23H37IN4O2. The Hall–Kier alpha value is -1.22. The third-order valence-corrected chi connectivity index (χ3v) is 6.90. The van der Waals surface area contributed by atoms with E-state index in [1.54, 1.807) is 7.11 Å². The van der Waals surface area contributed by atoms with Gasteiger partial charge in [-0.3, -0.25) is 4.99 Å². The minimum Gasteiger partial charge on any atom is -0.495 e. The summed E-state index contributed by atoms with van der Waals surface area (Å²) in [5.41, 5.74) is 1.32. The number of piperidine rings is 1. The van der Waals surface area contributed by atoms with Gasteiger partial charge in [-0.25, -0.2) is 0 Å². The Morgan fingerprint density at radius 2 is 2.07 bits per heavy atom. The molecule has 0 radical (unpaired) electrons. The summed E-state index contributed by atoms with van der Waals surface area (Å²) in [6.45, 7) is 10.4. The van der Waals surface area contributed by atoms with Crippen molar-refractivity contribution < 1.29 is 9.47 Å². The number of fused-ring (bicyclic) bond motifs is 1. The number of nitrogens with one attached hydrogen (secondary N) is 2. The number of nitrogens with zero attached hydrogens (tertiary/aromatic N) is 2. The van der Waals surface area contributed by atoms with E-state index in [0.29, 0.717) is 24.1 Å². The van der Waals surface area contributed by atoms with Crippen LogP contribution in [0.1, 0.15) is 40.0 Å². The van der Waals surface area contributed by atoms with Gasteiger partial charge in [-0.2, -0.15) is 0 Å². The van der Waals surface area contributed by atoms with Crippen molar-refractivity contribution in [2.24, 2.45) is 16.3 Å². The Balaban J connectivity index is 0.00000256. The molecule has 7 heteroatoms. The van der Waals surface area contributed by atoms with Crippen molar-refractivity contribution in [2.75, 3.05) is 38.3 Å². The summed E-state index contributed by atoms with van der Waals surface area (Å²) in [4.78, 5) is 7.19. The molecule has 0 spiro atoms. The number of benzene rings is 1. The average molecular weight is 528 g/mol. The molecule has 0 aromatic heterocycles. The van der Waals surface area contributed by atoms with Crippen LogP contribution >= 0.6 is 24.0 Å². The van der Waals surface area contributed by atoms with Crippen molar-refractivity contribution in [3.8, 4) is 5.75 Å². The summed E-state index contributed by atoms with van der Waals surface area (Å²) in [6, 6.07) is 9.08. The van der Waals surface area contributed by atoms with Crippen LogP contribution in [-0.2, 0) is 4.74 Å². The van der Waals surface area contributed by atoms with Crippen LogP contribution in [0.15, 0.2) is 29.3 Å². The topological polar surface area (TPSA) is 58.1 Å². The SMILES string of the molecule is CCN=C(NC1CCCN(c2ccccc2OC)C1)NC1C2CCOC2C1(C)C.I. The highest BCUT2D eigenvalue weighted by molar-refractivity contribution is 14.0. The van der Waals surface area contributed by atoms with Gasteiger partial charge in [0.1, 0.15) is 5.75 Å². The molecule has 2 saturated heterocycles. The molecule has 0 amide bonds. The van der Waals surface area contributed by atoms with E-state index in [4.69, 9.17) is 14.5 Å². The quantitative estimate of drug-likeness (QED) is 0.347. The fourth-order valence-corrected chi connectivity index (χ4v) is 5.45. The predicted octanol–water partition coefficient (Wildman–Crippen LogP) is 3.65. The summed E-state index contributed by atoms with van der Waals surface area (Å²) in [7, 11) is 1.74. The molecule has 1 aliphatic carbocycles. The Bertz CT molecular complexity index is 742. The summed E-state index contributed by atoms with van der Waals surface area (Å²) in [5.74, 6) is 2.49. The molecule has 4 atom stereocenters. The summed E-state index contributed by atoms with van der Waals surface area (Å²) < 4.78 is 11.5. The summed E-state index contributed by atoms with van der Waals surface area (Å²) in [6.07, 6.45) is 3.84. The third kappa shape index (κ3) is 4.52. The summed E-state index contributed by atoms with van der Waals surface area (Å²) in [5, 5.41) is 7.48. The van der Waals surface area contributed by atoms with Crippen molar-refractivity contribution in [3.05, 3.63) is 24.3 Å². The average Bonchev–Trinajstić information content (AvgIpc) is 3.19. The lowest BCUT2D eigenvalue weighted by molar-refractivity contribution is -0.106. The predicted molar refractivity (Wildman–Crippen MR) is 133 cm³/mol. The highest BCUT2D eigenvalue weighted by atomic mass is 127. The van der Waals surface area contributed by atoms with Gasteiger partial charge in [0, 0.05) is 49.7 Å². The number of rotatable bonds is 5. The minimum atomic E-state index is 0. The van der Waals surface area contributed by atoms with Gasteiger partial charge in [-0.05, 0) is 38.3 Å². The van der Waals surface area contributed by atoms with Gasteiger partial charge in [0.2, 0.25) is 0 Å². The number of methoxy groups -OCH3 is 1. The molecule has 2 aliphatic heterocycles. The van der Waals surface area contributed by atoms with Crippen molar-refractivity contribution >= 4 is 35.6 Å². The van der Waals surface area contributed by atoms with Gasteiger partial charge in [0.25, 0.3) is 0 Å². The number of para-hydroxylation sites is 2. The van der Waals surface area contributed by atoms with Crippen LogP contribution in [0.25, 0.3) is 0 Å². The van der Waals surface area contributed by atoms with Crippen LogP contribution in [0.4, 0.5) is 5.69 Å². The normalized spacial score (nSPS) is 30.0. The molecule has 2 heterocycles.